The van der Waals surface area contributed by atoms with Crippen LogP contribution in [-0.2, 0) is 15.5 Å². The number of aromatic nitrogens is 1. The van der Waals surface area contributed by atoms with Gasteiger partial charge >= 0.3 is 5.97 Å². The second-order valence-corrected chi connectivity index (χ2v) is 4.89. The molecular weight excluding hydrogens is 266 g/mol. The van der Waals surface area contributed by atoms with Gasteiger partial charge in [0.15, 0.2) is 5.13 Å². The maximum atomic E-state index is 13.5. The van der Waals surface area contributed by atoms with E-state index in [9.17, 15) is 13.6 Å². The maximum absolute atomic E-state index is 13.5. The molecule has 1 fully saturated rings. The summed E-state index contributed by atoms with van der Waals surface area (Å²) in [6.07, 6.45) is -0.157. The molecule has 100 valence electrons. The molecule has 8 heteroatoms. The third-order valence-electron chi connectivity index (χ3n) is 2.51. The van der Waals surface area contributed by atoms with Crippen LogP contribution in [0, 0.1) is 0 Å². The molecule has 2 heterocycles. The van der Waals surface area contributed by atoms with E-state index >= 15 is 0 Å². The number of ether oxygens (including phenoxy) is 1. The van der Waals surface area contributed by atoms with Crippen LogP contribution in [0.1, 0.15) is 11.3 Å². The predicted molar refractivity (Wildman–Crippen MR) is 61.3 cm³/mol. The minimum atomic E-state index is -3.37. The molecule has 0 radical (unpaired) electrons. The molecule has 0 bridgehead atoms. The van der Waals surface area contributed by atoms with Crippen molar-refractivity contribution in [3.63, 3.8) is 0 Å². The number of alkyl halides is 2. The molecule has 2 rings (SSSR count). The largest absolute Gasteiger partial charge is 0.481 e. The molecule has 0 saturated carbocycles. The van der Waals surface area contributed by atoms with Crippen LogP contribution < -0.4 is 4.90 Å². The number of hydrogen-bond donors (Lipinski definition) is 1. The number of anilines is 1. The standard InChI is InChI=1S/C10H12F2N2O3S/c11-10(12,5-8(15)16)7-6-13-9(18-7)14-1-3-17-4-2-14/h6H,1-5H2,(H,15,16). The molecule has 1 aliphatic rings. The second kappa shape index (κ2) is 5.15. The van der Waals surface area contributed by atoms with Gasteiger partial charge in [0.05, 0.1) is 18.1 Å². The highest BCUT2D eigenvalue weighted by Crippen LogP contribution is 2.37. The van der Waals surface area contributed by atoms with Gasteiger partial charge in [-0.3, -0.25) is 4.79 Å². The zero-order valence-corrected chi connectivity index (χ0v) is 10.3. The highest BCUT2D eigenvalue weighted by Gasteiger charge is 2.37. The lowest BCUT2D eigenvalue weighted by Crippen LogP contribution is -2.36. The molecule has 1 saturated heterocycles. The van der Waals surface area contributed by atoms with Crippen molar-refractivity contribution in [3.05, 3.63) is 11.1 Å². The third kappa shape index (κ3) is 2.94. The average molecular weight is 278 g/mol. The molecule has 0 aliphatic carbocycles. The Morgan fingerprint density at radius 2 is 2.22 bits per heavy atom. The van der Waals surface area contributed by atoms with Crippen LogP contribution in [0.5, 0.6) is 0 Å². The lowest BCUT2D eigenvalue weighted by Gasteiger charge is -2.26. The summed E-state index contributed by atoms with van der Waals surface area (Å²) in [4.78, 5) is 15.8. The fraction of sp³-hybridized carbons (Fsp3) is 0.600. The molecule has 5 nitrogen and oxygen atoms in total. The van der Waals surface area contributed by atoms with Crippen molar-refractivity contribution in [1.29, 1.82) is 0 Å². The third-order valence-corrected chi connectivity index (χ3v) is 3.68. The Bertz CT molecular complexity index is 433. The second-order valence-electron chi connectivity index (χ2n) is 3.88. The van der Waals surface area contributed by atoms with Gasteiger partial charge in [0, 0.05) is 19.3 Å². The van der Waals surface area contributed by atoms with Crippen LogP contribution in [-0.4, -0.2) is 42.4 Å². The smallest absolute Gasteiger partial charge is 0.309 e. The van der Waals surface area contributed by atoms with Crippen molar-refractivity contribution >= 4 is 22.4 Å². The van der Waals surface area contributed by atoms with Crippen molar-refractivity contribution in [2.75, 3.05) is 31.2 Å². The number of rotatable bonds is 4. The summed E-state index contributed by atoms with van der Waals surface area (Å²) in [5, 5.41) is 8.93. The molecule has 0 aromatic carbocycles. The zero-order chi connectivity index (χ0) is 13.2. The van der Waals surface area contributed by atoms with Crippen LogP contribution in [0.3, 0.4) is 0 Å². The first-order valence-electron chi connectivity index (χ1n) is 5.37. The number of aliphatic carboxylic acids is 1. The first-order valence-corrected chi connectivity index (χ1v) is 6.19. The monoisotopic (exact) mass is 278 g/mol. The van der Waals surface area contributed by atoms with Gasteiger partial charge in [-0.25, -0.2) is 4.98 Å². The van der Waals surface area contributed by atoms with Crippen LogP contribution >= 0.6 is 11.3 Å². The van der Waals surface area contributed by atoms with Gasteiger partial charge in [0.2, 0.25) is 0 Å². The van der Waals surface area contributed by atoms with Crippen LogP contribution in [0.2, 0.25) is 0 Å². The van der Waals surface area contributed by atoms with E-state index in [0.29, 0.717) is 31.4 Å². The van der Waals surface area contributed by atoms with Gasteiger partial charge in [-0.2, -0.15) is 8.78 Å². The first-order chi connectivity index (χ1) is 8.49. The molecule has 0 amide bonds. The van der Waals surface area contributed by atoms with E-state index in [0.717, 1.165) is 17.5 Å². The summed E-state index contributed by atoms with van der Waals surface area (Å²) >= 11 is 0.834. The number of nitrogens with zero attached hydrogens (tertiary/aromatic N) is 2. The van der Waals surface area contributed by atoms with Crippen molar-refractivity contribution < 1.29 is 23.4 Å². The van der Waals surface area contributed by atoms with Crippen molar-refractivity contribution in [1.82, 2.24) is 4.98 Å². The molecule has 1 N–H and O–H groups in total. The quantitative estimate of drug-likeness (QED) is 0.905. The fourth-order valence-electron chi connectivity index (χ4n) is 1.61. The van der Waals surface area contributed by atoms with Crippen molar-refractivity contribution in [2.45, 2.75) is 12.3 Å². The number of thiazole rings is 1. The van der Waals surface area contributed by atoms with Crippen molar-refractivity contribution in [2.24, 2.45) is 0 Å². The van der Waals surface area contributed by atoms with Gasteiger partial charge < -0.3 is 14.7 Å². The molecule has 1 aliphatic heterocycles. The van der Waals surface area contributed by atoms with Gasteiger partial charge in [-0.15, -0.1) is 0 Å². The summed E-state index contributed by atoms with van der Waals surface area (Å²) < 4.78 is 32.2. The fourth-order valence-corrected chi connectivity index (χ4v) is 2.55. The van der Waals surface area contributed by atoms with Gasteiger partial charge in [-0.05, 0) is 0 Å². The van der Waals surface area contributed by atoms with Gasteiger partial charge in [-0.1, -0.05) is 11.3 Å². The molecular formula is C10H12F2N2O3S. The van der Waals surface area contributed by atoms with E-state index in [-0.39, 0.29) is 4.88 Å². The molecule has 0 spiro atoms. The molecule has 18 heavy (non-hydrogen) atoms. The average Bonchev–Trinajstić information content (AvgIpc) is 2.78. The Kier molecular flexibility index (Phi) is 3.76. The maximum Gasteiger partial charge on any atom is 0.309 e. The molecule has 0 unspecified atom stereocenters. The Balaban J connectivity index is 2.11. The number of morpholine rings is 1. The number of carboxylic acid groups (broad SMARTS) is 1. The SMILES string of the molecule is O=C(O)CC(F)(F)c1cnc(N2CCOCC2)s1. The summed E-state index contributed by atoms with van der Waals surface area (Å²) in [6.45, 7) is 2.30. The topological polar surface area (TPSA) is 62.7 Å². The van der Waals surface area contributed by atoms with E-state index in [2.05, 4.69) is 4.98 Å². The number of carboxylic acids is 1. The minimum Gasteiger partial charge on any atom is -0.481 e. The minimum absolute atomic E-state index is 0.314. The van der Waals surface area contributed by atoms with Crippen LogP contribution in [0.15, 0.2) is 6.20 Å². The predicted octanol–water partition coefficient (Wildman–Crippen LogP) is 1.55. The van der Waals surface area contributed by atoms with E-state index in [1.54, 1.807) is 0 Å². The summed E-state index contributed by atoms with van der Waals surface area (Å²) in [6, 6.07) is 0. The van der Waals surface area contributed by atoms with Gasteiger partial charge in [0.1, 0.15) is 6.42 Å². The molecule has 1 aromatic rings. The molecule has 1 aromatic heterocycles. The van der Waals surface area contributed by atoms with Gasteiger partial charge in [0.25, 0.3) is 5.92 Å². The Morgan fingerprint density at radius 3 is 2.83 bits per heavy atom. The normalized spacial score (nSPS) is 16.9. The first kappa shape index (κ1) is 13.2. The lowest BCUT2D eigenvalue weighted by atomic mass is 10.2. The number of halogens is 2. The van der Waals surface area contributed by atoms with E-state index in [1.807, 2.05) is 4.90 Å². The summed E-state index contributed by atoms with van der Waals surface area (Å²) in [7, 11) is 0. The summed E-state index contributed by atoms with van der Waals surface area (Å²) in [5.74, 6) is -4.89. The highest BCUT2D eigenvalue weighted by molar-refractivity contribution is 7.15. The van der Waals surface area contributed by atoms with Crippen LogP contribution in [0.25, 0.3) is 0 Å². The van der Waals surface area contributed by atoms with E-state index in [1.165, 1.54) is 0 Å². The van der Waals surface area contributed by atoms with E-state index < -0.39 is 18.3 Å². The Hall–Kier alpha value is -1.28. The van der Waals surface area contributed by atoms with Crippen LogP contribution in [0.4, 0.5) is 13.9 Å². The number of carbonyl (C=O) groups is 1. The number of hydrogen-bond acceptors (Lipinski definition) is 5. The molecule has 0 atom stereocenters. The highest BCUT2D eigenvalue weighted by atomic mass is 32.1. The Labute approximate surface area is 106 Å². The lowest BCUT2D eigenvalue weighted by molar-refractivity contribution is -0.145. The Morgan fingerprint density at radius 1 is 1.56 bits per heavy atom. The summed E-state index contributed by atoms with van der Waals surface area (Å²) in [5.41, 5.74) is 0. The van der Waals surface area contributed by atoms with Crippen molar-refractivity contribution in [3.8, 4) is 0 Å². The zero-order valence-electron chi connectivity index (χ0n) is 9.44. The van der Waals surface area contributed by atoms with E-state index in [4.69, 9.17) is 9.84 Å².